The van der Waals surface area contributed by atoms with Crippen molar-refractivity contribution in [3.8, 4) is 0 Å². The molecule has 0 aliphatic heterocycles. The Morgan fingerprint density at radius 3 is 3.10 bits per heavy atom. The number of aromatic nitrogens is 1. The lowest BCUT2D eigenvalue weighted by Gasteiger charge is -1.90. The quantitative estimate of drug-likeness (QED) is 0.670. The van der Waals surface area contributed by atoms with E-state index in [9.17, 15) is 4.79 Å². The summed E-state index contributed by atoms with van der Waals surface area (Å²) in [7, 11) is 0. The Morgan fingerprint density at radius 1 is 1.80 bits per heavy atom. The molecule has 54 valence electrons. The van der Waals surface area contributed by atoms with Crippen LogP contribution < -0.4 is 4.87 Å². The lowest BCUT2D eigenvalue weighted by Crippen LogP contribution is -2.09. The molecule has 1 aromatic heterocycles. The van der Waals surface area contributed by atoms with Gasteiger partial charge in [-0.05, 0) is 0 Å². The van der Waals surface area contributed by atoms with Gasteiger partial charge in [-0.3, -0.25) is 4.79 Å². The molecule has 0 aromatic carbocycles. The molecule has 0 saturated carbocycles. The average Bonchev–Trinajstić information content (AvgIpc) is 2.31. The van der Waals surface area contributed by atoms with Crippen molar-refractivity contribution >= 4 is 22.9 Å². The molecule has 0 spiro atoms. The van der Waals surface area contributed by atoms with Gasteiger partial charge >= 0.3 is 4.87 Å². The third kappa shape index (κ3) is 1.72. The van der Waals surface area contributed by atoms with E-state index in [4.69, 9.17) is 11.6 Å². The molecular weight excluding hydrogens is 170 g/mol. The van der Waals surface area contributed by atoms with Gasteiger partial charge in [-0.1, -0.05) is 29.0 Å². The number of hydrogen-bond acceptors (Lipinski definition) is 2. The van der Waals surface area contributed by atoms with Crippen molar-refractivity contribution in [2.45, 2.75) is 6.54 Å². The maximum absolute atomic E-state index is 10.8. The topological polar surface area (TPSA) is 22.0 Å². The zero-order valence-electron chi connectivity index (χ0n) is 5.16. The van der Waals surface area contributed by atoms with Crippen molar-refractivity contribution in [3.05, 3.63) is 32.9 Å². The van der Waals surface area contributed by atoms with Crippen LogP contribution in [-0.4, -0.2) is 4.57 Å². The SMILES string of the molecule is O=c1sccn1C/C=C/Cl. The summed E-state index contributed by atoms with van der Waals surface area (Å²) in [5, 5.41) is 1.75. The molecule has 1 heterocycles. The van der Waals surface area contributed by atoms with Crippen LogP contribution in [0.3, 0.4) is 0 Å². The predicted molar refractivity (Wildman–Crippen MR) is 43.6 cm³/mol. The fourth-order valence-electron chi connectivity index (χ4n) is 0.579. The first-order chi connectivity index (χ1) is 4.84. The van der Waals surface area contributed by atoms with E-state index in [1.54, 1.807) is 22.2 Å². The predicted octanol–water partition coefficient (Wildman–Crippen LogP) is 1.66. The normalized spacial score (nSPS) is 10.9. The first kappa shape index (κ1) is 7.57. The first-order valence-corrected chi connectivity index (χ1v) is 4.05. The minimum absolute atomic E-state index is 0.0507. The van der Waals surface area contributed by atoms with E-state index in [-0.39, 0.29) is 4.87 Å². The van der Waals surface area contributed by atoms with E-state index in [1.807, 2.05) is 0 Å². The second-order valence-corrected chi connectivity index (χ2v) is 2.79. The number of halogens is 1. The smallest absolute Gasteiger partial charge is 0.302 e. The van der Waals surface area contributed by atoms with Crippen LogP contribution in [-0.2, 0) is 6.54 Å². The number of rotatable bonds is 2. The number of nitrogens with zero attached hydrogens (tertiary/aromatic N) is 1. The summed E-state index contributed by atoms with van der Waals surface area (Å²) in [6.07, 6.45) is 3.46. The fraction of sp³-hybridized carbons (Fsp3) is 0.167. The number of hydrogen-bond donors (Lipinski definition) is 0. The maximum Gasteiger partial charge on any atom is 0.307 e. The standard InChI is InChI=1S/C6H6ClNOS/c7-2-1-3-8-4-5-10-6(8)9/h1-2,4-5H,3H2/b2-1+. The number of allylic oxidation sites excluding steroid dienone is 1. The van der Waals surface area contributed by atoms with Crippen LogP contribution in [0.4, 0.5) is 0 Å². The van der Waals surface area contributed by atoms with E-state index in [0.717, 1.165) is 0 Å². The highest BCUT2D eigenvalue weighted by Gasteiger charge is 1.90. The zero-order valence-corrected chi connectivity index (χ0v) is 6.73. The number of thiazole rings is 1. The van der Waals surface area contributed by atoms with Gasteiger partial charge in [0.05, 0.1) is 0 Å². The van der Waals surface area contributed by atoms with Gasteiger partial charge in [0, 0.05) is 23.7 Å². The molecular formula is C6H6ClNOS. The third-order valence-electron chi connectivity index (χ3n) is 1.04. The highest BCUT2D eigenvalue weighted by molar-refractivity contribution is 7.07. The Labute approximate surface area is 67.4 Å². The minimum Gasteiger partial charge on any atom is -0.302 e. The molecule has 0 radical (unpaired) electrons. The van der Waals surface area contributed by atoms with Crippen LogP contribution in [0.1, 0.15) is 0 Å². The van der Waals surface area contributed by atoms with Gasteiger partial charge in [0.1, 0.15) is 0 Å². The van der Waals surface area contributed by atoms with Gasteiger partial charge in [-0.25, -0.2) is 0 Å². The minimum atomic E-state index is 0.0507. The van der Waals surface area contributed by atoms with Gasteiger partial charge in [0.2, 0.25) is 0 Å². The lowest BCUT2D eigenvalue weighted by atomic mass is 10.6. The fourth-order valence-corrected chi connectivity index (χ4v) is 1.25. The van der Waals surface area contributed by atoms with Gasteiger partial charge in [0.15, 0.2) is 0 Å². The van der Waals surface area contributed by atoms with E-state index in [2.05, 4.69) is 0 Å². The van der Waals surface area contributed by atoms with E-state index >= 15 is 0 Å². The molecule has 0 fully saturated rings. The summed E-state index contributed by atoms with van der Waals surface area (Å²) in [6, 6.07) is 0. The van der Waals surface area contributed by atoms with Crippen molar-refractivity contribution in [1.82, 2.24) is 4.57 Å². The van der Waals surface area contributed by atoms with Crippen molar-refractivity contribution in [2.75, 3.05) is 0 Å². The summed E-state index contributed by atoms with van der Waals surface area (Å²) < 4.78 is 1.59. The van der Waals surface area contributed by atoms with E-state index < -0.39 is 0 Å². The highest BCUT2D eigenvalue weighted by atomic mass is 35.5. The average molecular weight is 176 g/mol. The van der Waals surface area contributed by atoms with Crippen molar-refractivity contribution in [3.63, 3.8) is 0 Å². The monoisotopic (exact) mass is 175 g/mol. The molecule has 0 aliphatic carbocycles. The molecule has 0 amide bonds. The molecule has 4 heteroatoms. The van der Waals surface area contributed by atoms with Crippen LogP contribution in [0, 0.1) is 0 Å². The zero-order chi connectivity index (χ0) is 7.40. The largest absolute Gasteiger partial charge is 0.307 e. The van der Waals surface area contributed by atoms with Crippen molar-refractivity contribution in [2.24, 2.45) is 0 Å². The van der Waals surface area contributed by atoms with Crippen LogP contribution in [0.2, 0.25) is 0 Å². The summed E-state index contributed by atoms with van der Waals surface area (Å²) >= 11 is 6.46. The molecule has 0 unspecified atom stereocenters. The molecule has 0 saturated heterocycles. The Bertz CT molecular complexity index is 275. The summed E-state index contributed by atoms with van der Waals surface area (Å²) in [5.74, 6) is 0. The molecule has 2 nitrogen and oxygen atoms in total. The first-order valence-electron chi connectivity index (χ1n) is 2.74. The summed E-state index contributed by atoms with van der Waals surface area (Å²) in [5.41, 5.74) is 1.41. The van der Waals surface area contributed by atoms with Crippen LogP contribution in [0.25, 0.3) is 0 Å². The second-order valence-electron chi connectivity index (χ2n) is 1.68. The Balaban J connectivity index is 2.75. The molecule has 10 heavy (non-hydrogen) atoms. The van der Waals surface area contributed by atoms with Crippen LogP contribution in [0.15, 0.2) is 28.0 Å². The van der Waals surface area contributed by atoms with Gasteiger partial charge < -0.3 is 4.57 Å². The highest BCUT2D eigenvalue weighted by Crippen LogP contribution is 1.90. The molecule has 1 rings (SSSR count). The molecule has 1 aromatic rings. The Morgan fingerprint density at radius 2 is 2.60 bits per heavy atom. The van der Waals surface area contributed by atoms with Crippen molar-refractivity contribution < 1.29 is 0 Å². The Kier molecular flexibility index (Phi) is 2.71. The van der Waals surface area contributed by atoms with E-state index in [0.29, 0.717) is 6.54 Å². The van der Waals surface area contributed by atoms with Crippen LogP contribution in [0.5, 0.6) is 0 Å². The third-order valence-corrected chi connectivity index (χ3v) is 1.91. The molecule has 0 aliphatic rings. The van der Waals surface area contributed by atoms with Crippen LogP contribution >= 0.6 is 22.9 Å². The second kappa shape index (κ2) is 3.58. The summed E-state index contributed by atoms with van der Waals surface area (Å²) in [6.45, 7) is 0.561. The van der Waals surface area contributed by atoms with E-state index in [1.165, 1.54) is 16.9 Å². The maximum atomic E-state index is 10.8. The molecule has 0 N–H and O–H groups in total. The molecule has 0 bridgehead atoms. The van der Waals surface area contributed by atoms with Gasteiger partial charge in [0.25, 0.3) is 0 Å². The van der Waals surface area contributed by atoms with Crippen molar-refractivity contribution in [1.29, 1.82) is 0 Å². The van der Waals surface area contributed by atoms with Gasteiger partial charge in [-0.2, -0.15) is 0 Å². The van der Waals surface area contributed by atoms with Gasteiger partial charge in [-0.15, -0.1) is 0 Å². The summed E-state index contributed by atoms with van der Waals surface area (Å²) in [4.78, 5) is 10.9. The lowest BCUT2D eigenvalue weighted by molar-refractivity contribution is 0.807. The Hall–Kier alpha value is -0.540. The molecule has 0 atom stereocenters.